The predicted molar refractivity (Wildman–Crippen MR) is 171 cm³/mol. The summed E-state index contributed by atoms with van der Waals surface area (Å²) in [5.74, 6) is -0.394. The molecule has 4 aromatic carbocycles. The molecule has 230 valence electrons. The van der Waals surface area contributed by atoms with Gasteiger partial charge in [-0.15, -0.1) is 0 Å². The van der Waals surface area contributed by atoms with Crippen molar-refractivity contribution in [3.8, 4) is 11.5 Å². The zero-order valence-corrected chi connectivity index (χ0v) is 26.2. The molecule has 0 aliphatic rings. The van der Waals surface area contributed by atoms with E-state index in [-0.39, 0.29) is 29.3 Å². The highest BCUT2D eigenvalue weighted by molar-refractivity contribution is 7.92. The maximum atomic E-state index is 14.3. The Hall–Kier alpha value is -4.54. The van der Waals surface area contributed by atoms with Crippen molar-refractivity contribution in [2.24, 2.45) is 0 Å². The summed E-state index contributed by atoms with van der Waals surface area (Å²) >= 11 is 6.26. The normalized spacial score (nSPS) is 11.7. The summed E-state index contributed by atoms with van der Waals surface area (Å²) in [5.41, 5.74) is 1.79. The van der Waals surface area contributed by atoms with Crippen LogP contribution in [0, 0.1) is 0 Å². The second-order valence-corrected chi connectivity index (χ2v) is 12.1. The molecule has 0 aromatic heterocycles. The van der Waals surface area contributed by atoms with Crippen molar-refractivity contribution in [3.63, 3.8) is 0 Å². The van der Waals surface area contributed by atoms with Crippen molar-refractivity contribution in [2.45, 2.75) is 23.9 Å². The van der Waals surface area contributed by atoms with Crippen molar-refractivity contribution in [1.29, 1.82) is 0 Å². The van der Waals surface area contributed by atoms with Crippen LogP contribution in [0.4, 0.5) is 5.69 Å². The van der Waals surface area contributed by atoms with Gasteiger partial charge in [-0.3, -0.25) is 13.9 Å². The summed E-state index contributed by atoms with van der Waals surface area (Å²) in [5, 5.41) is 3.13. The lowest BCUT2D eigenvalue weighted by Gasteiger charge is -2.33. The van der Waals surface area contributed by atoms with E-state index in [4.69, 9.17) is 21.1 Å². The van der Waals surface area contributed by atoms with Crippen LogP contribution in [-0.4, -0.2) is 59.0 Å². The number of methoxy groups -OCH3 is 2. The predicted octanol–water partition coefficient (Wildman–Crippen LogP) is 4.94. The lowest BCUT2D eigenvalue weighted by Crippen LogP contribution is -2.53. The first-order chi connectivity index (χ1) is 21.2. The Labute approximate surface area is 263 Å². The molecule has 0 aliphatic carbocycles. The molecule has 4 aromatic rings. The number of nitrogens with zero attached hydrogens (tertiary/aromatic N) is 2. The number of sulfonamides is 1. The van der Waals surface area contributed by atoms with Crippen LogP contribution in [0.25, 0.3) is 0 Å². The molecule has 0 radical (unpaired) electrons. The van der Waals surface area contributed by atoms with Crippen molar-refractivity contribution >= 4 is 39.1 Å². The van der Waals surface area contributed by atoms with Gasteiger partial charge in [0.25, 0.3) is 10.0 Å². The molecule has 0 heterocycles. The van der Waals surface area contributed by atoms with Gasteiger partial charge in [0.05, 0.1) is 24.8 Å². The number of ether oxygens (including phenoxy) is 2. The minimum Gasteiger partial charge on any atom is -0.493 e. The Morgan fingerprint density at radius 3 is 2.07 bits per heavy atom. The van der Waals surface area contributed by atoms with E-state index in [1.165, 1.54) is 44.4 Å². The zero-order chi connectivity index (χ0) is 31.7. The highest BCUT2D eigenvalue weighted by Gasteiger charge is 2.34. The molecule has 0 unspecified atom stereocenters. The van der Waals surface area contributed by atoms with Gasteiger partial charge in [0.15, 0.2) is 11.5 Å². The Morgan fingerprint density at radius 1 is 0.818 bits per heavy atom. The van der Waals surface area contributed by atoms with Crippen LogP contribution < -0.4 is 19.1 Å². The Bertz CT molecular complexity index is 1690. The van der Waals surface area contributed by atoms with E-state index in [0.717, 1.165) is 9.87 Å². The molecular weight excluding hydrogens is 602 g/mol. The van der Waals surface area contributed by atoms with E-state index in [1.54, 1.807) is 54.6 Å². The monoisotopic (exact) mass is 635 g/mol. The quantitative estimate of drug-likeness (QED) is 0.223. The minimum atomic E-state index is -4.30. The van der Waals surface area contributed by atoms with Crippen LogP contribution >= 0.6 is 11.6 Å². The highest BCUT2D eigenvalue weighted by Crippen LogP contribution is 2.32. The van der Waals surface area contributed by atoms with E-state index in [0.29, 0.717) is 16.3 Å². The summed E-state index contributed by atoms with van der Waals surface area (Å²) in [6.45, 7) is -0.563. The second kappa shape index (κ2) is 14.8. The molecule has 0 bridgehead atoms. The van der Waals surface area contributed by atoms with Crippen molar-refractivity contribution in [3.05, 3.63) is 119 Å². The number of para-hydroxylation sites is 1. The molecule has 0 saturated heterocycles. The van der Waals surface area contributed by atoms with Gasteiger partial charge in [0.1, 0.15) is 12.6 Å². The molecule has 0 spiro atoms. The van der Waals surface area contributed by atoms with Gasteiger partial charge in [-0.25, -0.2) is 8.42 Å². The van der Waals surface area contributed by atoms with E-state index >= 15 is 0 Å². The van der Waals surface area contributed by atoms with Gasteiger partial charge in [0, 0.05) is 31.1 Å². The maximum Gasteiger partial charge on any atom is 0.264 e. The summed E-state index contributed by atoms with van der Waals surface area (Å²) in [4.78, 5) is 29.0. The number of hydrogen-bond acceptors (Lipinski definition) is 6. The van der Waals surface area contributed by atoms with Crippen molar-refractivity contribution in [2.75, 3.05) is 32.1 Å². The number of halogens is 1. The van der Waals surface area contributed by atoms with Gasteiger partial charge in [-0.2, -0.15) is 0 Å². The van der Waals surface area contributed by atoms with Crippen LogP contribution in [0.3, 0.4) is 0 Å². The van der Waals surface area contributed by atoms with Gasteiger partial charge in [0.2, 0.25) is 11.8 Å². The number of carbonyl (C=O) groups excluding carboxylic acids is 2. The molecule has 1 N–H and O–H groups in total. The molecule has 44 heavy (non-hydrogen) atoms. The number of benzene rings is 4. The smallest absolute Gasteiger partial charge is 0.264 e. The summed E-state index contributed by atoms with van der Waals surface area (Å²) < 4.78 is 40.0. The largest absolute Gasteiger partial charge is 0.493 e. The van der Waals surface area contributed by atoms with Crippen molar-refractivity contribution in [1.82, 2.24) is 10.2 Å². The van der Waals surface area contributed by atoms with Crippen LogP contribution in [0.15, 0.2) is 108 Å². The number of carbonyl (C=O) groups is 2. The Balaban J connectivity index is 1.79. The van der Waals surface area contributed by atoms with E-state index in [2.05, 4.69) is 5.32 Å². The minimum absolute atomic E-state index is 0.0172. The van der Waals surface area contributed by atoms with Gasteiger partial charge in [-0.1, -0.05) is 72.3 Å². The SMILES string of the molecule is CNC(=O)[C@H](Cc1ccccc1)N(Cc1cccc(Cl)c1)C(=O)CN(c1ccccc1)S(=O)(=O)c1ccc(OC)c(OC)c1. The van der Waals surface area contributed by atoms with Gasteiger partial charge in [-0.05, 0) is 47.5 Å². The second-order valence-electron chi connectivity index (χ2n) is 9.84. The fraction of sp³-hybridized carbons (Fsp3) is 0.212. The third-order valence-corrected chi connectivity index (χ3v) is 9.03. The molecule has 11 heteroatoms. The first-order valence-electron chi connectivity index (χ1n) is 13.8. The summed E-state index contributed by atoms with van der Waals surface area (Å²) in [7, 11) is 0.0595. The topological polar surface area (TPSA) is 105 Å². The van der Waals surface area contributed by atoms with Crippen LogP contribution in [0.2, 0.25) is 5.02 Å². The summed E-state index contributed by atoms with van der Waals surface area (Å²) in [6.07, 6.45) is 0.209. The summed E-state index contributed by atoms with van der Waals surface area (Å²) in [6, 6.07) is 27.9. The third kappa shape index (κ3) is 7.69. The van der Waals surface area contributed by atoms with Gasteiger partial charge < -0.3 is 19.7 Å². The number of anilines is 1. The number of rotatable bonds is 13. The maximum absolute atomic E-state index is 14.3. The Morgan fingerprint density at radius 2 is 1.45 bits per heavy atom. The molecule has 2 amide bonds. The lowest BCUT2D eigenvalue weighted by molar-refractivity contribution is -0.139. The van der Waals surface area contributed by atoms with Crippen LogP contribution in [0.1, 0.15) is 11.1 Å². The average Bonchev–Trinajstić information content (AvgIpc) is 3.05. The third-order valence-electron chi connectivity index (χ3n) is 7.03. The highest BCUT2D eigenvalue weighted by atomic mass is 35.5. The van der Waals surface area contributed by atoms with Crippen LogP contribution in [-0.2, 0) is 32.6 Å². The number of amides is 2. The van der Waals surface area contributed by atoms with Gasteiger partial charge >= 0.3 is 0 Å². The molecule has 1 atom stereocenters. The molecule has 0 fully saturated rings. The Kier molecular flexibility index (Phi) is 10.9. The standard InChI is InChI=1S/C33H34ClN3O6S/c1-35-33(39)29(20-24-11-6-4-7-12-24)36(22-25-13-10-14-26(34)19-25)32(38)23-37(27-15-8-5-9-16-27)44(40,41)28-17-18-30(42-2)31(21-28)43-3/h4-19,21,29H,20,22-23H2,1-3H3,(H,35,39)/t29-/m0/s1. The fourth-order valence-electron chi connectivity index (χ4n) is 4.78. The zero-order valence-electron chi connectivity index (χ0n) is 24.6. The first kappa shape index (κ1) is 32.4. The number of likely N-dealkylation sites (N-methyl/N-ethyl adjacent to an activating group) is 1. The first-order valence-corrected chi connectivity index (χ1v) is 15.6. The number of hydrogen-bond donors (Lipinski definition) is 1. The molecule has 4 rings (SSSR count). The van der Waals surface area contributed by atoms with E-state index in [1.807, 2.05) is 30.3 Å². The van der Waals surface area contributed by atoms with Crippen molar-refractivity contribution < 1.29 is 27.5 Å². The molecule has 9 nitrogen and oxygen atoms in total. The van der Waals surface area contributed by atoms with Crippen LogP contribution in [0.5, 0.6) is 11.5 Å². The fourth-order valence-corrected chi connectivity index (χ4v) is 6.42. The average molecular weight is 636 g/mol. The lowest BCUT2D eigenvalue weighted by atomic mass is 10.0. The van der Waals surface area contributed by atoms with E-state index in [9.17, 15) is 18.0 Å². The van der Waals surface area contributed by atoms with E-state index < -0.39 is 34.4 Å². The molecule has 0 aliphatic heterocycles. The molecular formula is C33H34ClN3O6S. The molecule has 0 saturated carbocycles. The number of nitrogens with one attached hydrogen (secondary N) is 1.